The van der Waals surface area contributed by atoms with Crippen molar-refractivity contribution < 1.29 is 18.0 Å². The minimum Gasteiger partial charge on any atom is -0.268 e. The number of anilines is 1. The van der Waals surface area contributed by atoms with E-state index in [1.807, 2.05) is 26.8 Å². The van der Waals surface area contributed by atoms with Crippen LogP contribution in [-0.4, -0.2) is 20.2 Å². The van der Waals surface area contributed by atoms with Crippen LogP contribution in [-0.2, 0) is 15.4 Å². The summed E-state index contributed by atoms with van der Waals surface area (Å²) in [5.41, 5.74) is 1.57. The van der Waals surface area contributed by atoms with Gasteiger partial charge in [0, 0.05) is 0 Å². The zero-order valence-corrected chi connectivity index (χ0v) is 14.9. The van der Waals surface area contributed by atoms with E-state index in [1.54, 1.807) is 12.1 Å². The van der Waals surface area contributed by atoms with Gasteiger partial charge in [-0.25, -0.2) is 18.5 Å². The van der Waals surface area contributed by atoms with Crippen molar-refractivity contribution in [3.63, 3.8) is 0 Å². The Kier molecular flexibility index (Phi) is 3.81. The first-order valence-corrected chi connectivity index (χ1v) is 9.21. The quantitative estimate of drug-likeness (QED) is 0.834. The predicted octanol–water partition coefficient (Wildman–Crippen LogP) is 2.43. The molecule has 2 amide bonds. The van der Waals surface area contributed by atoms with E-state index in [0.717, 1.165) is 10.5 Å². The average molecular weight is 358 g/mol. The average Bonchev–Trinajstić information content (AvgIpc) is 2.77. The molecule has 0 unspecified atom stereocenters. The molecule has 1 aliphatic rings. The van der Waals surface area contributed by atoms with E-state index in [9.17, 15) is 18.0 Å². The molecule has 2 aromatic rings. The van der Waals surface area contributed by atoms with Crippen LogP contribution in [0.1, 0.15) is 47.1 Å². The summed E-state index contributed by atoms with van der Waals surface area (Å²) in [6, 6.07) is 10.7. The first kappa shape index (κ1) is 17.3. The van der Waals surface area contributed by atoms with E-state index in [2.05, 4.69) is 0 Å². The fourth-order valence-electron chi connectivity index (χ4n) is 2.74. The Morgan fingerprint density at radius 3 is 2.16 bits per heavy atom. The molecule has 6 nitrogen and oxygen atoms in total. The predicted molar refractivity (Wildman–Crippen MR) is 94.1 cm³/mol. The zero-order chi connectivity index (χ0) is 18.6. The standard InChI is InChI=1S/C18H18N2O4S/c1-18(2,3)11-7-8-14-15(9-11)17(22)20(16(14)21)12-5-4-6-13(10-12)25(19,23)24/h4-10H,1-3H3,(H2,19,23,24). The van der Waals surface area contributed by atoms with E-state index in [1.165, 1.54) is 24.3 Å². The van der Waals surface area contributed by atoms with Crippen molar-refractivity contribution in [3.05, 3.63) is 59.2 Å². The van der Waals surface area contributed by atoms with Crippen molar-refractivity contribution in [2.45, 2.75) is 31.1 Å². The number of nitrogens with zero attached hydrogens (tertiary/aromatic N) is 1. The van der Waals surface area contributed by atoms with Crippen molar-refractivity contribution >= 4 is 27.5 Å². The minimum absolute atomic E-state index is 0.156. The van der Waals surface area contributed by atoms with E-state index < -0.39 is 21.8 Å². The molecule has 0 fully saturated rings. The monoisotopic (exact) mass is 358 g/mol. The lowest BCUT2D eigenvalue weighted by molar-refractivity contribution is 0.0926. The van der Waals surface area contributed by atoms with Crippen LogP contribution in [0.2, 0.25) is 0 Å². The minimum atomic E-state index is -3.93. The second kappa shape index (κ2) is 5.50. The molecule has 3 rings (SSSR count). The number of primary sulfonamides is 1. The Balaban J connectivity index is 2.09. The molecule has 0 bridgehead atoms. The number of imide groups is 1. The van der Waals surface area contributed by atoms with Gasteiger partial charge in [0.25, 0.3) is 11.8 Å². The number of rotatable bonds is 2. The lowest BCUT2D eigenvalue weighted by Gasteiger charge is -2.19. The number of carbonyl (C=O) groups excluding carboxylic acids is 2. The molecule has 0 aromatic heterocycles. The molecule has 0 atom stereocenters. The van der Waals surface area contributed by atoms with Crippen molar-refractivity contribution in [1.29, 1.82) is 0 Å². The maximum absolute atomic E-state index is 12.8. The molecule has 2 aromatic carbocycles. The molecule has 0 saturated carbocycles. The second-order valence-corrected chi connectivity index (χ2v) is 8.56. The first-order chi connectivity index (χ1) is 11.5. The number of amides is 2. The van der Waals surface area contributed by atoms with Gasteiger partial charge in [0.1, 0.15) is 0 Å². The van der Waals surface area contributed by atoms with Crippen molar-refractivity contribution in [3.8, 4) is 0 Å². The van der Waals surface area contributed by atoms with Crippen LogP contribution >= 0.6 is 0 Å². The van der Waals surface area contributed by atoms with E-state index >= 15 is 0 Å². The fraction of sp³-hybridized carbons (Fsp3) is 0.222. The topological polar surface area (TPSA) is 97.5 Å². The molecular formula is C18H18N2O4S. The molecule has 0 aliphatic carbocycles. The van der Waals surface area contributed by atoms with E-state index in [-0.39, 0.29) is 16.0 Å². The number of fused-ring (bicyclic) bond motifs is 1. The third kappa shape index (κ3) is 2.96. The zero-order valence-electron chi connectivity index (χ0n) is 14.1. The number of benzene rings is 2. The molecule has 2 N–H and O–H groups in total. The van der Waals surface area contributed by atoms with E-state index in [4.69, 9.17) is 5.14 Å². The number of hydrogen-bond acceptors (Lipinski definition) is 4. The van der Waals surface area contributed by atoms with Gasteiger partial charge >= 0.3 is 0 Å². The molecule has 0 spiro atoms. The smallest absolute Gasteiger partial charge is 0.266 e. The molecule has 1 heterocycles. The normalized spacial score (nSPS) is 14.8. The first-order valence-electron chi connectivity index (χ1n) is 7.66. The van der Waals surface area contributed by atoms with Crippen LogP contribution in [0.5, 0.6) is 0 Å². The number of nitrogens with two attached hydrogens (primary N) is 1. The second-order valence-electron chi connectivity index (χ2n) is 7.00. The molecule has 25 heavy (non-hydrogen) atoms. The molecule has 0 radical (unpaired) electrons. The summed E-state index contributed by atoms with van der Waals surface area (Å²) in [7, 11) is -3.93. The highest BCUT2D eigenvalue weighted by Crippen LogP contribution is 2.32. The summed E-state index contributed by atoms with van der Waals surface area (Å²) in [4.78, 5) is 26.2. The Bertz CT molecular complexity index is 1000. The SMILES string of the molecule is CC(C)(C)c1ccc2c(c1)C(=O)N(c1cccc(S(N)(=O)=O)c1)C2=O. The highest BCUT2D eigenvalue weighted by atomic mass is 32.2. The van der Waals surface area contributed by atoms with Gasteiger partial charge in [-0.3, -0.25) is 9.59 Å². The van der Waals surface area contributed by atoms with Crippen LogP contribution in [0.15, 0.2) is 47.4 Å². The molecule has 1 aliphatic heterocycles. The fourth-order valence-corrected chi connectivity index (χ4v) is 3.29. The number of sulfonamides is 1. The van der Waals surface area contributed by atoms with E-state index in [0.29, 0.717) is 11.1 Å². The Labute approximate surface area is 146 Å². The lowest BCUT2D eigenvalue weighted by Crippen LogP contribution is -2.29. The van der Waals surface area contributed by atoms with Crippen LogP contribution in [0, 0.1) is 0 Å². The maximum Gasteiger partial charge on any atom is 0.266 e. The summed E-state index contributed by atoms with van der Waals surface area (Å²) >= 11 is 0. The molecule has 130 valence electrons. The highest BCUT2D eigenvalue weighted by Gasteiger charge is 2.37. The summed E-state index contributed by atoms with van der Waals surface area (Å²) < 4.78 is 23.1. The van der Waals surface area contributed by atoms with Gasteiger partial charge < -0.3 is 0 Å². The van der Waals surface area contributed by atoms with Crippen LogP contribution in [0.3, 0.4) is 0 Å². The highest BCUT2D eigenvalue weighted by molar-refractivity contribution is 7.89. The molecule has 7 heteroatoms. The van der Waals surface area contributed by atoms with Gasteiger partial charge in [-0.1, -0.05) is 32.9 Å². The van der Waals surface area contributed by atoms with Crippen molar-refractivity contribution in [1.82, 2.24) is 0 Å². The van der Waals surface area contributed by atoms with Gasteiger partial charge in [0.05, 0.1) is 21.7 Å². The van der Waals surface area contributed by atoms with Gasteiger partial charge in [-0.05, 0) is 41.3 Å². The summed E-state index contributed by atoms with van der Waals surface area (Å²) in [5, 5.41) is 5.13. The van der Waals surface area contributed by atoms with Crippen LogP contribution in [0.4, 0.5) is 5.69 Å². The maximum atomic E-state index is 12.8. The van der Waals surface area contributed by atoms with Crippen molar-refractivity contribution in [2.75, 3.05) is 4.90 Å². The Hall–Kier alpha value is -2.51. The lowest BCUT2D eigenvalue weighted by atomic mass is 9.85. The van der Waals surface area contributed by atoms with Gasteiger partial charge in [0.15, 0.2) is 0 Å². The third-order valence-corrected chi connectivity index (χ3v) is 5.07. The largest absolute Gasteiger partial charge is 0.268 e. The summed E-state index contributed by atoms with van der Waals surface area (Å²) in [6.45, 7) is 6.05. The number of hydrogen-bond donors (Lipinski definition) is 1. The van der Waals surface area contributed by atoms with Crippen molar-refractivity contribution in [2.24, 2.45) is 5.14 Å². The molecule has 0 saturated heterocycles. The molecular weight excluding hydrogens is 340 g/mol. The van der Waals surface area contributed by atoms with Gasteiger partial charge in [0.2, 0.25) is 10.0 Å². The third-order valence-electron chi connectivity index (χ3n) is 4.16. The van der Waals surface area contributed by atoms with Crippen LogP contribution in [0.25, 0.3) is 0 Å². The summed E-state index contributed by atoms with van der Waals surface area (Å²) in [6.07, 6.45) is 0. The summed E-state index contributed by atoms with van der Waals surface area (Å²) in [5.74, 6) is -0.954. The van der Waals surface area contributed by atoms with Gasteiger partial charge in [-0.15, -0.1) is 0 Å². The van der Waals surface area contributed by atoms with Gasteiger partial charge in [-0.2, -0.15) is 0 Å². The van der Waals surface area contributed by atoms with Crippen LogP contribution < -0.4 is 10.0 Å². The Morgan fingerprint density at radius 2 is 1.56 bits per heavy atom. The Morgan fingerprint density at radius 1 is 0.920 bits per heavy atom. The number of carbonyl (C=O) groups is 2.